The summed E-state index contributed by atoms with van der Waals surface area (Å²) in [7, 11) is 0. The molecule has 0 aliphatic carbocycles. The first-order valence-electron chi connectivity index (χ1n) is 8.62. The standard InChI is InChI=1S/C21H11Cl6N3/c22-20(23,24)18-28-17(29-19(30-18)21(25,26)27)10-9-16-14-7-3-1-5-12(14)11-13-6-2-4-8-15(13)16/h1-11H. The Hall–Kier alpha value is -1.33. The molecule has 0 bridgehead atoms. The molecule has 0 aliphatic rings. The predicted octanol–water partition coefficient (Wildman–Crippen LogP) is 8.00. The van der Waals surface area contributed by atoms with Crippen LogP contribution < -0.4 is 0 Å². The maximum atomic E-state index is 5.95. The summed E-state index contributed by atoms with van der Waals surface area (Å²) < 4.78 is -3.80. The van der Waals surface area contributed by atoms with Crippen LogP contribution in [0.4, 0.5) is 0 Å². The van der Waals surface area contributed by atoms with E-state index in [9.17, 15) is 0 Å². The highest BCUT2D eigenvalue weighted by Gasteiger charge is 2.33. The van der Waals surface area contributed by atoms with Gasteiger partial charge in [0.25, 0.3) is 0 Å². The first-order valence-corrected chi connectivity index (χ1v) is 10.9. The fourth-order valence-corrected chi connectivity index (χ4v) is 3.61. The maximum absolute atomic E-state index is 5.95. The zero-order valence-corrected chi connectivity index (χ0v) is 19.5. The van der Waals surface area contributed by atoms with Gasteiger partial charge >= 0.3 is 0 Å². The number of hydrogen-bond donors (Lipinski definition) is 0. The van der Waals surface area contributed by atoms with Gasteiger partial charge in [-0.1, -0.05) is 118 Å². The Kier molecular flexibility index (Phi) is 6.06. The van der Waals surface area contributed by atoms with Gasteiger partial charge in [0.15, 0.2) is 17.5 Å². The molecule has 0 N–H and O–H groups in total. The van der Waals surface area contributed by atoms with Crippen molar-refractivity contribution in [2.24, 2.45) is 0 Å². The predicted molar refractivity (Wildman–Crippen MR) is 129 cm³/mol. The third-order valence-corrected chi connectivity index (χ3v) is 5.39. The number of aromatic nitrogens is 3. The molecule has 0 atom stereocenters. The molecule has 30 heavy (non-hydrogen) atoms. The molecular weight excluding hydrogens is 507 g/mol. The molecule has 0 spiro atoms. The number of alkyl halides is 6. The lowest BCUT2D eigenvalue weighted by molar-refractivity contribution is 0.835. The van der Waals surface area contributed by atoms with E-state index in [2.05, 4.69) is 33.2 Å². The molecule has 3 nitrogen and oxygen atoms in total. The normalized spacial score (nSPS) is 12.9. The monoisotopic (exact) mass is 515 g/mol. The summed E-state index contributed by atoms with van der Waals surface area (Å²) in [6.07, 6.45) is 3.57. The lowest BCUT2D eigenvalue weighted by Crippen LogP contribution is -2.16. The van der Waals surface area contributed by atoms with E-state index >= 15 is 0 Å². The van der Waals surface area contributed by atoms with Crippen LogP contribution in [0.3, 0.4) is 0 Å². The van der Waals surface area contributed by atoms with Crippen molar-refractivity contribution in [3.05, 3.63) is 77.6 Å². The van der Waals surface area contributed by atoms with Crippen LogP contribution in [0.1, 0.15) is 23.0 Å². The van der Waals surface area contributed by atoms with E-state index in [0.717, 1.165) is 27.1 Å². The van der Waals surface area contributed by atoms with Gasteiger partial charge in [0.05, 0.1) is 0 Å². The third kappa shape index (κ3) is 4.62. The van der Waals surface area contributed by atoms with Gasteiger partial charge in [-0.2, -0.15) is 0 Å². The molecule has 0 fully saturated rings. The van der Waals surface area contributed by atoms with Gasteiger partial charge in [-0.3, -0.25) is 0 Å². The highest BCUT2D eigenvalue weighted by Crippen LogP contribution is 2.40. The van der Waals surface area contributed by atoms with Gasteiger partial charge < -0.3 is 0 Å². The van der Waals surface area contributed by atoms with E-state index in [1.807, 2.05) is 42.5 Å². The molecule has 0 saturated carbocycles. The summed E-state index contributed by atoms with van der Waals surface area (Å²) in [6.45, 7) is 0. The summed E-state index contributed by atoms with van der Waals surface area (Å²) >= 11 is 35.7. The Bertz CT molecular complexity index is 1190. The molecule has 4 rings (SSSR count). The van der Waals surface area contributed by atoms with E-state index in [1.54, 1.807) is 6.08 Å². The first-order chi connectivity index (χ1) is 14.1. The van der Waals surface area contributed by atoms with E-state index in [1.165, 1.54) is 0 Å². The molecule has 1 aromatic heterocycles. The SMILES string of the molecule is ClC(Cl)(Cl)c1nc(C=Cc2c3ccccc3cc3ccccc23)nc(C(Cl)(Cl)Cl)n1. The van der Waals surface area contributed by atoms with Crippen molar-refractivity contribution in [1.82, 2.24) is 15.0 Å². The molecule has 0 unspecified atom stereocenters. The quantitative estimate of drug-likeness (QED) is 0.200. The Morgan fingerprint density at radius 3 is 1.53 bits per heavy atom. The molecule has 0 radical (unpaired) electrons. The molecular formula is C21H11Cl6N3. The minimum Gasteiger partial charge on any atom is -0.209 e. The number of rotatable bonds is 2. The number of nitrogens with zero attached hydrogens (tertiary/aromatic N) is 3. The van der Waals surface area contributed by atoms with Crippen molar-refractivity contribution in [3.8, 4) is 0 Å². The Balaban J connectivity index is 1.91. The Labute approximate surface area is 202 Å². The summed E-state index contributed by atoms with van der Waals surface area (Å²) in [5.41, 5.74) is 0.995. The minimum atomic E-state index is -1.90. The minimum absolute atomic E-state index is 0.133. The van der Waals surface area contributed by atoms with Crippen molar-refractivity contribution in [3.63, 3.8) is 0 Å². The largest absolute Gasteiger partial charge is 0.250 e. The molecule has 1 heterocycles. The van der Waals surface area contributed by atoms with Crippen LogP contribution in [-0.4, -0.2) is 15.0 Å². The second-order valence-corrected chi connectivity index (χ2v) is 11.0. The van der Waals surface area contributed by atoms with Crippen LogP contribution in [0.5, 0.6) is 0 Å². The second kappa shape index (κ2) is 8.31. The van der Waals surface area contributed by atoms with Gasteiger partial charge in [0, 0.05) is 0 Å². The van der Waals surface area contributed by atoms with Crippen molar-refractivity contribution >= 4 is 103 Å². The molecule has 9 heteroatoms. The van der Waals surface area contributed by atoms with Gasteiger partial charge in [-0.15, -0.1) is 0 Å². The highest BCUT2D eigenvalue weighted by atomic mass is 35.6. The van der Waals surface area contributed by atoms with Gasteiger partial charge in [0.1, 0.15) is 0 Å². The molecule has 4 aromatic rings. The lowest BCUT2D eigenvalue weighted by Gasteiger charge is -2.14. The number of hydrogen-bond acceptors (Lipinski definition) is 3. The average molecular weight is 518 g/mol. The van der Waals surface area contributed by atoms with Crippen LogP contribution in [0.15, 0.2) is 54.6 Å². The van der Waals surface area contributed by atoms with E-state index in [4.69, 9.17) is 69.6 Å². The highest BCUT2D eigenvalue weighted by molar-refractivity contribution is 6.67. The number of benzene rings is 3. The van der Waals surface area contributed by atoms with Crippen molar-refractivity contribution in [2.75, 3.05) is 0 Å². The molecule has 0 aliphatic heterocycles. The van der Waals surface area contributed by atoms with Crippen LogP contribution in [0.25, 0.3) is 33.7 Å². The van der Waals surface area contributed by atoms with Crippen LogP contribution in [0, 0.1) is 0 Å². The Morgan fingerprint density at radius 2 is 1.07 bits per heavy atom. The van der Waals surface area contributed by atoms with Crippen LogP contribution in [0.2, 0.25) is 0 Å². The zero-order valence-electron chi connectivity index (χ0n) is 15.0. The van der Waals surface area contributed by atoms with Crippen LogP contribution in [-0.2, 0) is 7.59 Å². The first kappa shape index (κ1) is 21.9. The molecule has 152 valence electrons. The van der Waals surface area contributed by atoms with Crippen LogP contribution >= 0.6 is 69.6 Å². The van der Waals surface area contributed by atoms with Gasteiger partial charge in [-0.05, 0) is 45.3 Å². The zero-order chi connectivity index (χ0) is 21.5. The summed E-state index contributed by atoms with van der Waals surface area (Å²) in [5, 5.41) is 4.36. The summed E-state index contributed by atoms with van der Waals surface area (Å²) in [5.74, 6) is -0.0674. The third-order valence-electron chi connectivity index (χ3n) is 4.37. The smallest absolute Gasteiger partial charge is 0.209 e. The summed E-state index contributed by atoms with van der Waals surface area (Å²) in [4.78, 5) is 12.4. The van der Waals surface area contributed by atoms with E-state index < -0.39 is 7.59 Å². The molecule has 0 saturated heterocycles. The maximum Gasteiger partial charge on any atom is 0.250 e. The fraction of sp³-hybridized carbons (Fsp3) is 0.0952. The molecule has 3 aromatic carbocycles. The second-order valence-electron chi connectivity index (χ2n) is 6.40. The number of fused-ring (bicyclic) bond motifs is 2. The lowest BCUT2D eigenvalue weighted by atomic mass is 9.96. The van der Waals surface area contributed by atoms with E-state index in [0.29, 0.717) is 0 Å². The van der Waals surface area contributed by atoms with E-state index in [-0.39, 0.29) is 17.5 Å². The topological polar surface area (TPSA) is 38.7 Å². The van der Waals surface area contributed by atoms with Gasteiger partial charge in [0.2, 0.25) is 7.59 Å². The Morgan fingerprint density at radius 1 is 0.600 bits per heavy atom. The number of halogens is 6. The van der Waals surface area contributed by atoms with Crippen molar-refractivity contribution in [2.45, 2.75) is 7.59 Å². The van der Waals surface area contributed by atoms with Crippen molar-refractivity contribution < 1.29 is 0 Å². The van der Waals surface area contributed by atoms with Crippen molar-refractivity contribution in [1.29, 1.82) is 0 Å². The average Bonchev–Trinajstić information content (AvgIpc) is 2.69. The van der Waals surface area contributed by atoms with Gasteiger partial charge in [-0.25, -0.2) is 15.0 Å². The fourth-order valence-electron chi connectivity index (χ4n) is 3.11. The molecule has 0 amide bonds. The summed E-state index contributed by atoms with van der Waals surface area (Å²) in [6, 6.07) is 18.3.